The zero-order valence-corrected chi connectivity index (χ0v) is 11.8. The first kappa shape index (κ1) is 12.3. The molecule has 5 heteroatoms. The molecule has 98 valence electrons. The number of para-hydroxylation sites is 1. The molecule has 0 aliphatic heterocycles. The summed E-state index contributed by atoms with van der Waals surface area (Å²) in [5, 5.41) is 1.74. The lowest BCUT2D eigenvalue weighted by Crippen LogP contribution is -2.22. The predicted molar refractivity (Wildman–Crippen MR) is 79.9 cm³/mol. The maximum Gasteiger partial charge on any atom is 0.270 e. The summed E-state index contributed by atoms with van der Waals surface area (Å²) in [5.74, 6) is 0. The molecule has 0 saturated carbocycles. The molecule has 0 N–H and O–H groups in total. The van der Waals surface area contributed by atoms with Crippen molar-refractivity contribution >= 4 is 32.7 Å². The topological polar surface area (TPSA) is 38.1 Å². The van der Waals surface area contributed by atoms with Gasteiger partial charge < -0.3 is 4.90 Å². The Morgan fingerprint density at radius 3 is 2.89 bits per heavy atom. The van der Waals surface area contributed by atoms with Crippen LogP contribution in [0.4, 0.5) is 0 Å². The van der Waals surface area contributed by atoms with Crippen molar-refractivity contribution in [1.29, 1.82) is 0 Å². The molecular formula is C14H15N3OS. The van der Waals surface area contributed by atoms with Crippen LogP contribution in [-0.2, 0) is 6.54 Å². The van der Waals surface area contributed by atoms with Crippen LogP contribution in [0.25, 0.3) is 21.1 Å². The number of likely N-dealkylation sites (N-methyl/N-ethyl adjacent to an activating group) is 1. The fourth-order valence-electron chi connectivity index (χ4n) is 2.04. The molecule has 2 heterocycles. The quantitative estimate of drug-likeness (QED) is 0.734. The summed E-state index contributed by atoms with van der Waals surface area (Å²) >= 11 is 1.45. The first-order valence-corrected chi connectivity index (χ1v) is 6.97. The van der Waals surface area contributed by atoms with Gasteiger partial charge >= 0.3 is 0 Å². The van der Waals surface area contributed by atoms with Crippen LogP contribution in [0.15, 0.2) is 35.1 Å². The third-order valence-corrected chi connectivity index (χ3v) is 4.15. The summed E-state index contributed by atoms with van der Waals surface area (Å²) < 4.78 is 1.79. The SMILES string of the molecule is CN(C)CCn1sc2nc3ccccc3cc2c1=O. The first-order chi connectivity index (χ1) is 9.15. The van der Waals surface area contributed by atoms with Crippen molar-refractivity contribution in [2.75, 3.05) is 20.6 Å². The molecule has 2 aromatic heterocycles. The first-order valence-electron chi connectivity index (χ1n) is 6.19. The lowest BCUT2D eigenvalue weighted by molar-refractivity contribution is 0.389. The van der Waals surface area contributed by atoms with Crippen LogP contribution >= 0.6 is 11.5 Å². The van der Waals surface area contributed by atoms with Gasteiger partial charge in [-0.25, -0.2) is 4.98 Å². The maximum atomic E-state index is 12.3. The van der Waals surface area contributed by atoms with Crippen molar-refractivity contribution in [2.45, 2.75) is 6.54 Å². The average Bonchev–Trinajstić information content (AvgIpc) is 2.70. The number of fused-ring (bicyclic) bond motifs is 2. The highest BCUT2D eigenvalue weighted by molar-refractivity contribution is 7.13. The fourth-order valence-corrected chi connectivity index (χ4v) is 2.99. The molecule has 4 nitrogen and oxygen atoms in total. The minimum atomic E-state index is 0.0695. The molecule has 0 amide bonds. The number of rotatable bonds is 3. The number of aromatic nitrogens is 2. The number of pyridine rings is 1. The van der Waals surface area contributed by atoms with Crippen LogP contribution in [0.3, 0.4) is 0 Å². The number of hydrogen-bond acceptors (Lipinski definition) is 4. The van der Waals surface area contributed by atoms with E-state index in [0.717, 1.165) is 27.7 Å². The Labute approximate surface area is 115 Å². The molecule has 3 aromatic rings. The van der Waals surface area contributed by atoms with E-state index < -0.39 is 0 Å². The van der Waals surface area contributed by atoms with E-state index in [4.69, 9.17) is 0 Å². The average molecular weight is 273 g/mol. The van der Waals surface area contributed by atoms with E-state index in [2.05, 4.69) is 9.88 Å². The van der Waals surface area contributed by atoms with Gasteiger partial charge in [0.1, 0.15) is 4.83 Å². The molecule has 0 aliphatic rings. The second-order valence-corrected chi connectivity index (χ2v) is 5.85. The normalized spacial score (nSPS) is 11.7. The Bertz CT molecular complexity index is 788. The van der Waals surface area contributed by atoms with Gasteiger partial charge in [0.15, 0.2) is 0 Å². The summed E-state index contributed by atoms with van der Waals surface area (Å²) in [4.78, 5) is 19.8. The highest BCUT2D eigenvalue weighted by Gasteiger charge is 2.10. The molecule has 0 radical (unpaired) electrons. The smallest absolute Gasteiger partial charge is 0.270 e. The molecule has 0 unspecified atom stereocenters. The van der Waals surface area contributed by atoms with Crippen LogP contribution in [0.5, 0.6) is 0 Å². The van der Waals surface area contributed by atoms with Crippen LogP contribution < -0.4 is 5.56 Å². The van der Waals surface area contributed by atoms with Crippen molar-refractivity contribution in [3.8, 4) is 0 Å². The van der Waals surface area contributed by atoms with Crippen molar-refractivity contribution in [1.82, 2.24) is 13.8 Å². The van der Waals surface area contributed by atoms with Gasteiger partial charge in [0.25, 0.3) is 5.56 Å². The Hall–Kier alpha value is -1.72. The Morgan fingerprint density at radius 2 is 2.11 bits per heavy atom. The largest absolute Gasteiger partial charge is 0.308 e. The molecular weight excluding hydrogens is 258 g/mol. The fraction of sp³-hybridized carbons (Fsp3) is 0.286. The van der Waals surface area contributed by atoms with Crippen LogP contribution in [0.2, 0.25) is 0 Å². The van der Waals surface area contributed by atoms with E-state index >= 15 is 0 Å². The summed E-state index contributed by atoms with van der Waals surface area (Å²) in [6.07, 6.45) is 0. The highest BCUT2D eigenvalue weighted by atomic mass is 32.1. The van der Waals surface area contributed by atoms with Gasteiger partial charge in [-0.1, -0.05) is 18.2 Å². The Morgan fingerprint density at radius 1 is 1.32 bits per heavy atom. The standard InChI is InChI=1S/C14H15N3OS/c1-16(2)7-8-17-14(18)11-9-10-5-3-4-6-12(10)15-13(11)19-17/h3-6,9H,7-8H2,1-2H3. The summed E-state index contributed by atoms with van der Waals surface area (Å²) in [5.41, 5.74) is 1.01. The monoisotopic (exact) mass is 273 g/mol. The van der Waals surface area contributed by atoms with E-state index in [-0.39, 0.29) is 5.56 Å². The van der Waals surface area contributed by atoms with Crippen LogP contribution in [-0.4, -0.2) is 34.5 Å². The lowest BCUT2D eigenvalue weighted by Gasteiger charge is -2.07. The number of nitrogens with zero attached hydrogens (tertiary/aromatic N) is 3. The van der Waals surface area contributed by atoms with Gasteiger partial charge in [0.2, 0.25) is 0 Å². The Kier molecular flexibility index (Phi) is 3.08. The molecule has 1 aromatic carbocycles. The Balaban J connectivity index is 2.14. The maximum absolute atomic E-state index is 12.3. The molecule has 0 spiro atoms. The lowest BCUT2D eigenvalue weighted by atomic mass is 10.2. The minimum absolute atomic E-state index is 0.0695. The van der Waals surface area contributed by atoms with E-state index in [1.165, 1.54) is 11.5 Å². The minimum Gasteiger partial charge on any atom is -0.308 e. The third-order valence-electron chi connectivity index (χ3n) is 3.09. The molecule has 0 bridgehead atoms. The molecule has 0 fully saturated rings. The molecule has 19 heavy (non-hydrogen) atoms. The van der Waals surface area contributed by atoms with E-state index in [1.54, 1.807) is 3.96 Å². The van der Waals surface area contributed by atoms with Crippen LogP contribution in [0.1, 0.15) is 0 Å². The van der Waals surface area contributed by atoms with E-state index in [0.29, 0.717) is 6.54 Å². The predicted octanol–water partition coefficient (Wildman–Crippen LogP) is 2.17. The van der Waals surface area contributed by atoms with Crippen molar-refractivity contribution in [2.24, 2.45) is 0 Å². The number of benzene rings is 1. The van der Waals surface area contributed by atoms with Gasteiger partial charge in [-0.2, -0.15) is 0 Å². The molecule has 3 rings (SSSR count). The zero-order valence-electron chi connectivity index (χ0n) is 11.0. The molecule has 0 saturated heterocycles. The summed E-state index contributed by atoms with van der Waals surface area (Å²) in [6.45, 7) is 1.56. The summed E-state index contributed by atoms with van der Waals surface area (Å²) in [6, 6.07) is 9.84. The van der Waals surface area contributed by atoms with Crippen molar-refractivity contribution in [3.05, 3.63) is 40.7 Å². The molecule has 0 aliphatic carbocycles. The van der Waals surface area contributed by atoms with Crippen molar-refractivity contribution < 1.29 is 0 Å². The molecule has 0 atom stereocenters. The van der Waals surface area contributed by atoms with E-state index in [1.807, 2.05) is 44.4 Å². The third kappa shape index (κ3) is 2.27. The summed E-state index contributed by atoms with van der Waals surface area (Å²) in [7, 11) is 4.01. The number of hydrogen-bond donors (Lipinski definition) is 0. The van der Waals surface area contributed by atoms with Gasteiger partial charge in [0.05, 0.1) is 10.9 Å². The second kappa shape index (κ2) is 4.75. The van der Waals surface area contributed by atoms with Crippen molar-refractivity contribution in [3.63, 3.8) is 0 Å². The van der Waals surface area contributed by atoms with Gasteiger partial charge in [-0.05, 0) is 37.8 Å². The highest BCUT2D eigenvalue weighted by Crippen LogP contribution is 2.20. The van der Waals surface area contributed by atoms with E-state index in [9.17, 15) is 4.79 Å². The zero-order chi connectivity index (χ0) is 13.4. The van der Waals surface area contributed by atoms with Crippen LogP contribution in [0, 0.1) is 0 Å². The second-order valence-electron chi connectivity index (χ2n) is 4.84. The van der Waals surface area contributed by atoms with Gasteiger partial charge in [-0.15, -0.1) is 0 Å². The van der Waals surface area contributed by atoms with Gasteiger partial charge in [-0.3, -0.25) is 8.75 Å². The van der Waals surface area contributed by atoms with Gasteiger partial charge in [0, 0.05) is 18.5 Å².